The van der Waals surface area contributed by atoms with E-state index in [1.165, 1.54) is 38.4 Å². The molecule has 0 aliphatic carbocycles. The Morgan fingerprint density at radius 2 is 2.00 bits per heavy atom. The van der Waals surface area contributed by atoms with Gasteiger partial charge in [0, 0.05) is 30.8 Å². The van der Waals surface area contributed by atoms with Crippen molar-refractivity contribution in [3.05, 3.63) is 39.9 Å². The third-order valence-corrected chi connectivity index (χ3v) is 4.31. The first-order chi connectivity index (χ1) is 10.1. The minimum Gasteiger partial charge on any atom is -0.309 e. The lowest BCUT2D eigenvalue weighted by Crippen LogP contribution is -2.43. The monoisotopic (exact) mass is 291 g/mol. The summed E-state index contributed by atoms with van der Waals surface area (Å²) in [5.74, 6) is 0. The van der Waals surface area contributed by atoms with Crippen LogP contribution in [0.25, 0.3) is 0 Å². The molecule has 0 amide bonds. The number of benzene rings is 1. The second kappa shape index (κ2) is 7.52. The van der Waals surface area contributed by atoms with Gasteiger partial charge in [-0.05, 0) is 45.3 Å². The molecule has 21 heavy (non-hydrogen) atoms. The molecule has 1 fully saturated rings. The summed E-state index contributed by atoms with van der Waals surface area (Å²) in [4.78, 5) is 13.0. The number of piperidine rings is 1. The highest BCUT2D eigenvalue weighted by Gasteiger charge is 2.17. The summed E-state index contributed by atoms with van der Waals surface area (Å²) >= 11 is 0. The molecule has 1 aromatic carbocycles. The lowest BCUT2D eigenvalue weighted by atomic mass is 10.1. The molecule has 1 aliphatic heterocycles. The summed E-state index contributed by atoms with van der Waals surface area (Å²) in [6.45, 7) is 7.59. The number of rotatable bonds is 6. The van der Waals surface area contributed by atoms with Gasteiger partial charge in [0.2, 0.25) is 0 Å². The van der Waals surface area contributed by atoms with Gasteiger partial charge in [-0.2, -0.15) is 0 Å². The van der Waals surface area contributed by atoms with E-state index in [1.54, 1.807) is 12.1 Å². The van der Waals surface area contributed by atoms with E-state index >= 15 is 0 Å². The SMILES string of the molecule is CC(NCC(C)N1CCCCC1)c1cccc([N+](=O)[O-])c1. The zero-order chi connectivity index (χ0) is 15.2. The molecule has 0 aromatic heterocycles. The molecule has 5 nitrogen and oxygen atoms in total. The van der Waals surface area contributed by atoms with Gasteiger partial charge in [-0.3, -0.25) is 15.0 Å². The first kappa shape index (κ1) is 15.9. The molecule has 1 heterocycles. The van der Waals surface area contributed by atoms with Crippen LogP contribution in [0.1, 0.15) is 44.7 Å². The van der Waals surface area contributed by atoms with E-state index in [-0.39, 0.29) is 16.7 Å². The molecular formula is C16H25N3O2. The van der Waals surface area contributed by atoms with Crippen LogP contribution in [0.15, 0.2) is 24.3 Å². The van der Waals surface area contributed by atoms with Crippen molar-refractivity contribution < 1.29 is 4.92 Å². The van der Waals surface area contributed by atoms with E-state index in [9.17, 15) is 10.1 Å². The first-order valence-corrected chi connectivity index (χ1v) is 7.79. The van der Waals surface area contributed by atoms with E-state index < -0.39 is 0 Å². The summed E-state index contributed by atoms with van der Waals surface area (Å²) in [6.07, 6.45) is 3.94. The smallest absolute Gasteiger partial charge is 0.269 e. The standard InChI is InChI=1S/C16H25N3O2/c1-13(18-9-4-3-5-10-18)12-17-14(2)15-7-6-8-16(11-15)19(20)21/h6-8,11,13-14,17H,3-5,9-10,12H2,1-2H3. The lowest BCUT2D eigenvalue weighted by Gasteiger charge is -2.33. The number of nitro benzene ring substituents is 1. The number of hydrogen-bond acceptors (Lipinski definition) is 4. The fourth-order valence-electron chi connectivity index (χ4n) is 2.86. The van der Waals surface area contributed by atoms with Gasteiger partial charge in [-0.25, -0.2) is 0 Å². The van der Waals surface area contributed by atoms with Crippen molar-refractivity contribution in [2.24, 2.45) is 0 Å². The molecule has 1 saturated heterocycles. The van der Waals surface area contributed by atoms with Crippen LogP contribution < -0.4 is 5.32 Å². The summed E-state index contributed by atoms with van der Waals surface area (Å²) in [7, 11) is 0. The lowest BCUT2D eigenvalue weighted by molar-refractivity contribution is -0.384. The molecule has 0 radical (unpaired) electrons. The Hall–Kier alpha value is -1.46. The molecule has 1 aromatic rings. The Balaban J connectivity index is 1.87. The van der Waals surface area contributed by atoms with Crippen LogP contribution in [0.2, 0.25) is 0 Å². The van der Waals surface area contributed by atoms with Crippen LogP contribution in [-0.4, -0.2) is 35.5 Å². The largest absolute Gasteiger partial charge is 0.309 e. The van der Waals surface area contributed by atoms with Gasteiger partial charge in [-0.15, -0.1) is 0 Å². The third-order valence-electron chi connectivity index (χ3n) is 4.31. The molecule has 5 heteroatoms. The van der Waals surface area contributed by atoms with E-state index in [0.717, 1.165) is 12.1 Å². The Kier molecular flexibility index (Phi) is 5.70. The van der Waals surface area contributed by atoms with Crippen LogP contribution in [0.5, 0.6) is 0 Å². The number of nitrogens with zero attached hydrogens (tertiary/aromatic N) is 2. The zero-order valence-electron chi connectivity index (χ0n) is 12.9. The van der Waals surface area contributed by atoms with Gasteiger partial charge >= 0.3 is 0 Å². The highest BCUT2D eigenvalue weighted by atomic mass is 16.6. The third kappa shape index (κ3) is 4.51. The second-order valence-corrected chi connectivity index (χ2v) is 5.93. The van der Waals surface area contributed by atoms with E-state index in [1.807, 2.05) is 6.07 Å². The van der Waals surface area contributed by atoms with E-state index in [2.05, 4.69) is 24.1 Å². The number of likely N-dealkylation sites (tertiary alicyclic amines) is 1. The molecule has 0 spiro atoms. The zero-order valence-corrected chi connectivity index (χ0v) is 12.9. The predicted molar refractivity (Wildman–Crippen MR) is 84.4 cm³/mol. The van der Waals surface area contributed by atoms with Crippen molar-refractivity contribution in [2.45, 2.75) is 45.2 Å². The van der Waals surface area contributed by atoms with E-state index in [0.29, 0.717) is 6.04 Å². The van der Waals surface area contributed by atoms with Crippen LogP contribution in [0.3, 0.4) is 0 Å². The van der Waals surface area contributed by atoms with Gasteiger partial charge in [-0.1, -0.05) is 18.6 Å². The molecule has 0 saturated carbocycles. The van der Waals surface area contributed by atoms with Crippen LogP contribution in [0.4, 0.5) is 5.69 Å². The molecular weight excluding hydrogens is 266 g/mol. The maximum atomic E-state index is 10.8. The van der Waals surface area contributed by atoms with E-state index in [4.69, 9.17) is 0 Å². The fourth-order valence-corrected chi connectivity index (χ4v) is 2.86. The topological polar surface area (TPSA) is 58.4 Å². The van der Waals surface area contributed by atoms with Crippen molar-refractivity contribution in [1.29, 1.82) is 0 Å². The first-order valence-electron chi connectivity index (χ1n) is 7.79. The molecule has 0 bridgehead atoms. The van der Waals surface area contributed by atoms with Crippen molar-refractivity contribution in [3.63, 3.8) is 0 Å². The van der Waals surface area contributed by atoms with Gasteiger partial charge in [0.1, 0.15) is 0 Å². The molecule has 1 N–H and O–H groups in total. The maximum absolute atomic E-state index is 10.8. The average molecular weight is 291 g/mol. The minimum absolute atomic E-state index is 0.122. The second-order valence-electron chi connectivity index (χ2n) is 5.93. The summed E-state index contributed by atoms with van der Waals surface area (Å²) in [6, 6.07) is 7.51. The number of nitrogens with one attached hydrogen (secondary N) is 1. The Labute approximate surface area is 126 Å². The highest BCUT2D eigenvalue weighted by molar-refractivity contribution is 5.35. The predicted octanol–water partition coefficient (Wildman–Crippen LogP) is 3.12. The minimum atomic E-state index is -0.341. The van der Waals surface area contributed by atoms with Gasteiger partial charge in [0.25, 0.3) is 5.69 Å². The van der Waals surface area contributed by atoms with Gasteiger partial charge < -0.3 is 5.32 Å². The summed E-state index contributed by atoms with van der Waals surface area (Å²) < 4.78 is 0. The van der Waals surface area contributed by atoms with Gasteiger partial charge in [0.05, 0.1) is 4.92 Å². The quantitative estimate of drug-likeness (QED) is 0.646. The molecule has 2 atom stereocenters. The number of nitro groups is 1. The van der Waals surface area contributed by atoms with Crippen LogP contribution in [0, 0.1) is 10.1 Å². The normalized spacial score (nSPS) is 19.1. The van der Waals surface area contributed by atoms with Crippen molar-refractivity contribution >= 4 is 5.69 Å². The Morgan fingerprint density at radius 3 is 2.67 bits per heavy atom. The van der Waals surface area contributed by atoms with Crippen LogP contribution in [-0.2, 0) is 0 Å². The molecule has 116 valence electrons. The van der Waals surface area contributed by atoms with Crippen molar-refractivity contribution in [1.82, 2.24) is 10.2 Å². The molecule has 2 unspecified atom stereocenters. The van der Waals surface area contributed by atoms with Crippen molar-refractivity contribution in [2.75, 3.05) is 19.6 Å². The fraction of sp³-hybridized carbons (Fsp3) is 0.625. The maximum Gasteiger partial charge on any atom is 0.269 e. The molecule has 1 aliphatic rings. The molecule has 2 rings (SSSR count). The average Bonchev–Trinajstić information content (AvgIpc) is 2.53. The Morgan fingerprint density at radius 1 is 1.29 bits per heavy atom. The summed E-state index contributed by atoms with van der Waals surface area (Å²) in [5, 5.41) is 14.3. The van der Waals surface area contributed by atoms with Crippen LogP contribution >= 0.6 is 0 Å². The summed E-state index contributed by atoms with van der Waals surface area (Å²) in [5.41, 5.74) is 1.13. The van der Waals surface area contributed by atoms with Crippen molar-refractivity contribution in [3.8, 4) is 0 Å². The Bertz CT molecular complexity index is 472. The highest BCUT2D eigenvalue weighted by Crippen LogP contribution is 2.19. The van der Waals surface area contributed by atoms with Gasteiger partial charge in [0.15, 0.2) is 0 Å². The number of non-ortho nitro benzene ring substituents is 1. The number of hydrogen-bond donors (Lipinski definition) is 1.